The van der Waals surface area contributed by atoms with E-state index >= 15 is 0 Å². The van der Waals surface area contributed by atoms with Crippen molar-refractivity contribution < 1.29 is 0 Å². The largest absolute Gasteiger partial charge is 0.326 e. The van der Waals surface area contributed by atoms with Gasteiger partial charge in [0, 0.05) is 16.6 Å². The molecule has 1 aromatic carbocycles. The molecule has 2 N–H and O–H groups in total. The van der Waals surface area contributed by atoms with Crippen LogP contribution in [0.4, 0.5) is 0 Å². The molecule has 0 saturated carbocycles. The number of halogens is 1. The summed E-state index contributed by atoms with van der Waals surface area (Å²) < 4.78 is 1.14. The molecule has 1 heterocycles. The Balaban J connectivity index is 2.21. The van der Waals surface area contributed by atoms with Gasteiger partial charge in [0.2, 0.25) is 0 Å². The van der Waals surface area contributed by atoms with Gasteiger partial charge in [0.25, 0.3) is 0 Å². The van der Waals surface area contributed by atoms with Gasteiger partial charge >= 0.3 is 0 Å². The minimum atomic E-state index is 0.144. The van der Waals surface area contributed by atoms with E-state index in [4.69, 9.17) is 5.73 Å². The van der Waals surface area contributed by atoms with Crippen molar-refractivity contribution in [1.29, 1.82) is 0 Å². The summed E-state index contributed by atoms with van der Waals surface area (Å²) in [4.78, 5) is 2.58. The van der Waals surface area contributed by atoms with E-state index in [2.05, 4.69) is 65.9 Å². The lowest BCUT2D eigenvalue weighted by Gasteiger charge is -2.34. The van der Waals surface area contributed by atoms with E-state index in [1.165, 1.54) is 24.8 Å². The standard InChI is InChI=1S/C17H27BrN2/c1-13(19)16(14-6-4-7-15(18)12-14)20-10-5-8-17(2,3)9-11-20/h4,6-7,12-13,16H,5,8-11,19H2,1-3H3. The number of benzene rings is 1. The van der Waals surface area contributed by atoms with Crippen LogP contribution in [0, 0.1) is 5.41 Å². The molecule has 1 aliphatic heterocycles. The molecule has 2 rings (SSSR count). The first kappa shape index (κ1) is 16.0. The molecule has 1 aliphatic rings. The summed E-state index contributed by atoms with van der Waals surface area (Å²) in [5.41, 5.74) is 8.11. The summed E-state index contributed by atoms with van der Waals surface area (Å²) in [5, 5.41) is 0. The molecular formula is C17H27BrN2. The molecule has 1 aromatic rings. The number of likely N-dealkylation sites (tertiary alicyclic amines) is 1. The fraction of sp³-hybridized carbons (Fsp3) is 0.647. The van der Waals surface area contributed by atoms with E-state index in [0.717, 1.165) is 17.6 Å². The molecule has 0 bridgehead atoms. The van der Waals surface area contributed by atoms with Crippen LogP contribution in [0.25, 0.3) is 0 Å². The molecule has 112 valence electrons. The Hall–Kier alpha value is -0.380. The number of nitrogens with zero attached hydrogens (tertiary/aromatic N) is 1. The highest BCUT2D eigenvalue weighted by atomic mass is 79.9. The van der Waals surface area contributed by atoms with Crippen molar-refractivity contribution in [2.24, 2.45) is 11.1 Å². The maximum atomic E-state index is 6.31. The molecule has 0 amide bonds. The van der Waals surface area contributed by atoms with Crippen molar-refractivity contribution >= 4 is 15.9 Å². The molecule has 0 radical (unpaired) electrons. The second-order valence-electron chi connectivity index (χ2n) is 6.91. The van der Waals surface area contributed by atoms with Crippen LogP contribution in [0.15, 0.2) is 28.7 Å². The van der Waals surface area contributed by atoms with Crippen molar-refractivity contribution in [3.63, 3.8) is 0 Å². The minimum absolute atomic E-state index is 0.144. The Morgan fingerprint density at radius 2 is 2.00 bits per heavy atom. The first-order valence-corrected chi connectivity index (χ1v) is 8.43. The van der Waals surface area contributed by atoms with Crippen LogP contribution in [0.2, 0.25) is 0 Å². The van der Waals surface area contributed by atoms with E-state index in [-0.39, 0.29) is 6.04 Å². The third kappa shape index (κ3) is 4.06. The highest BCUT2D eigenvalue weighted by molar-refractivity contribution is 9.10. The molecule has 0 spiro atoms. The highest BCUT2D eigenvalue weighted by Crippen LogP contribution is 2.34. The van der Waals surface area contributed by atoms with Crippen LogP contribution < -0.4 is 5.73 Å². The monoisotopic (exact) mass is 338 g/mol. The maximum Gasteiger partial charge on any atom is 0.0496 e. The zero-order valence-electron chi connectivity index (χ0n) is 12.9. The van der Waals surface area contributed by atoms with Crippen LogP contribution in [0.3, 0.4) is 0 Å². The molecule has 20 heavy (non-hydrogen) atoms. The summed E-state index contributed by atoms with van der Waals surface area (Å²) in [7, 11) is 0. The highest BCUT2D eigenvalue weighted by Gasteiger charge is 2.29. The number of rotatable bonds is 3. The third-order valence-electron chi connectivity index (χ3n) is 4.46. The normalized spacial score (nSPS) is 23.1. The van der Waals surface area contributed by atoms with Gasteiger partial charge in [0.05, 0.1) is 0 Å². The Kier molecular flexibility index (Phi) is 5.27. The quantitative estimate of drug-likeness (QED) is 0.887. The van der Waals surface area contributed by atoms with Gasteiger partial charge in [-0.1, -0.05) is 41.9 Å². The van der Waals surface area contributed by atoms with E-state index in [0.29, 0.717) is 11.5 Å². The fourth-order valence-electron chi connectivity index (χ4n) is 3.26. The Labute approximate surface area is 131 Å². The zero-order valence-corrected chi connectivity index (χ0v) is 14.5. The van der Waals surface area contributed by atoms with Crippen molar-refractivity contribution in [3.05, 3.63) is 34.3 Å². The minimum Gasteiger partial charge on any atom is -0.326 e. The average molecular weight is 339 g/mol. The second-order valence-corrected chi connectivity index (χ2v) is 7.83. The lowest BCUT2D eigenvalue weighted by Crippen LogP contribution is -2.40. The zero-order chi connectivity index (χ0) is 14.8. The van der Waals surface area contributed by atoms with E-state index < -0.39 is 0 Å². The van der Waals surface area contributed by atoms with Crippen LogP contribution >= 0.6 is 15.9 Å². The molecule has 2 nitrogen and oxygen atoms in total. The van der Waals surface area contributed by atoms with Gasteiger partial charge < -0.3 is 5.73 Å². The first-order valence-electron chi connectivity index (χ1n) is 7.64. The van der Waals surface area contributed by atoms with Crippen LogP contribution in [0.1, 0.15) is 51.6 Å². The van der Waals surface area contributed by atoms with Gasteiger partial charge in [-0.3, -0.25) is 4.90 Å². The Morgan fingerprint density at radius 1 is 1.25 bits per heavy atom. The van der Waals surface area contributed by atoms with Crippen molar-refractivity contribution in [2.45, 2.75) is 52.1 Å². The van der Waals surface area contributed by atoms with Crippen LogP contribution in [0.5, 0.6) is 0 Å². The number of hydrogen-bond donors (Lipinski definition) is 1. The van der Waals surface area contributed by atoms with E-state index in [9.17, 15) is 0 Å². The number of hydrogen-bond acceptors (Lipinski definition) is 2. The van der Waals surface area contributed by atoms with Gasteiger partial charge in [-0.05, 0) is 62.4 Å². The fourth-order valence-corrected chi connectivity index (χ4v) is 3.68. The van der Waals surface area contributed by atoms with E-state index in [1.54, 1.807) is 0 Å². The summed E-state index contributed by atoms with van der Waals surface area (Å²) in [6.45, 7) is 9.20. The average Bonchev–Trinajstić information content (AvgIpc) is 2.51. The van der Waals surface area contributed by atoms with Crippen LogP contribution in [-0.2, 0) is 0 Å². The summed E-state index contributed by atoms with van der Waals surface area (Å²) in [5.74, 6) is 0. The topological polar surface area (TPSA) is 29.3 Å². The Bertz CT molecular complexity index is 442. The van der Waals surface area contributed by atoms with Crippen molar-refractivity contribution in [2.75, 3.05) is 13.1 Å². The van der Waals surface area contributed by atoms with Gasteiger partial charge in [0.1, 0.15) is 0 Å². The molecule has 2 atom stereocenters. The van der Waals surface area contributed by atoms with Crippen LogP contribution in [-0.4, -0.2) is 24.0 Å². The first-order chi connectivity index (χ1) is 9.39. The van der Waals surface area contributed by atoms with Gasteiger partial charge in [-0.2, -0.15) is 0 Å². The molecule has 2 unspecified atom stereocenters. The Morgan fingerprint density at radius 3 is 2.65 bits per heavy atom. The maximum absolute atomic E-state index is 6.31. The summed E-state index contributed by atoms with van der Waals surface area (Å²) >= 11 is 3.58. The second kappa shape index (κ2) is 6.59. The lowest BCUT2D eigenvalue weighted by atomic mass is 9.85. The van der Waals surface area contributed by atoms with E-state index in [1.807, 2.05) is 0 Å². The third-order valence-corrected chi connectivity index (χ3v) is 4.95. The van der Waals surface area contributed by atoms with Gasteiger partial charge in [0.15, 0.2) is 0 Å². The van der Waals surface area contributed by atoms with Gasteiger partial charge in [-0.15, -0.1) is 0 Å². The predicted octanol–water partition coefficient (Wildman–Crippen LogP) is 4.35. The molecule has 3 heteroatoms. The molecular weight excluding hydrogens is 312 g/mol. The molecule has 0 aromatic heterocycles. The molecule has 0 aliphatic carbocycles. The smallest absolute Gasteiger partial charge is 0.0496 e. The van der Waals surface area contributed by atoms with Gasteiger partial charge in [-0.25, -0.2) is 0 Å². The van der Waals surface area contributed by atoms with Crippen molar-refractivity contribution in [3.8, 4) is 0 Å². The SMILES string of the molecule is CC(N)C(c1cccc(Br)c1)N1CCCC(C)(C)CC1. The molecule has 1 saturated heterocycles. The number of nitrogens with two attached hydrogens (primary N) is 1. The lowest BCUT2D eigenvalue weighted by molar-refractivity contribution is 0.175. The summed E-state index contributed by atoms with van der Waals surface area (Å²) in [6, 6.07) is 9.06. The van der Waals surface area contributed by atoms with Crippen molar-refractivity contribution in [1.82, 2.24) is 4.90 Å². The predicted molar refractivity (Wildman–Crippen MR) is 89.7 cm³/mol. The molecule has 1 fully saturated rings. The summed E-state index contributed by atoms with van der Waals surface area (Å²) in [6.07, 6.45) is 3.84.